The van der Waals surface area contributed by atoms with Gasteiger partial charge in [0.15, 0.2) is 11.5 Å². The first-order valence-corrected chi connectivity index (χ1v) is 7.82. The Morgan fingerprint density at radius 1 is 1.29 bits per heavy atom. The number of piperazine rings is 1. The molecule has 1 aromatic rings. The minimum Gasteiger partial charge on any atom is -0.454 e. The number of hydrogen-bond acceptors (Lipinski definition) is 4. The summed E-state index contributed by atoms with van der Waals surface area (Å²) in [6.07, 6.45) is 3.96. The highest BCUT2D eigenvalue weighted by atomic mass is 35.5. The lowest BCUT2D eigenvalue weighted by atomic mass is 9.98. The molecule has 0 amide bonds. The molecule has 1 saturated heterocycles. The van der Waals surface area contributed by atoms with E-state index in [1.807, 2.05) is 18.2 Å². The molecule has 0 aliphatic carbocycles. The van der Waals surface area contributed by atoms with E-state index in [2.05, 4.69) is 16.8 Å². The molecule has 2 heterocycles. The van der Waals surface area contributed by atoms with Crippen LogP contribution in [0.1, 0.15) is 24.4 Å². The first kappa shape index (κ1) is 14.7. The summed E-state index contributed by atoms with van der Waals surface area (Å²) in [5.41, 5.74) is 1.13. The van der Waals surface area contributed by atoms with Crippen molar-refractivity contribution in [2.24, 2.45) is 0 Å². The number of allylic oxidation sites excluding steroid dienone is 1. The Bertz CT molecular complexity index is 515. The summed E-state index contributed by atoms with van der Waals surface area (Å²) in [7, 11) is 0. The normalized spacial score (nSPS) is 19.5. The van der Waals surface area contributed by atoms with E-state index >= 15 is 0 Å². The summed E-state index contributed by atoms with van der Waals surface area (Å²) < 4.78 is 10.9. The molecule has 0 saturated carbocycles. The summed E-state index contributed by atoms with van der Waals surface area (Å²) in [5.74, 6) is 1.54. The number of ether oxygens (including phenoxy) is 2. The first-order chi connectivity index (χ1) is 10.3. The third-order valence-corrected chi connectivity index (χ3v) is 4.41. The highest BCUT2D eigenvalue weighted by Crippen LogP contribution is 2.41. The van der Waals surface area contributed by atoms with Gasteiger partial charge in [-0.2, -0.15) is 0 Å². The summed E-state index contributed by atoms with van der Waals surface area (Å²) in [6.45, 7) is 8.23. The van der Waals surface area contributed by atoms with E-state index in [1.54, 1.807) is 0 Å². The van der Waals surface area contributed by atoms with E-state index in [0.717, 1.165) is 61.1 Å². The van der Waals surface area contributed by atoms with E-state index in [9.17, 15) is 0 Å². The zero-order valence-corrected chi connectivity index (χ0v) is 12.9. The molecule has 0 aromatic heterocycles. The fourth-order valence-corrected chi connectivity index (χ4v) is 3.27. The second-order valence-corrected chi connectivity index (χ2v) is 5.80. The maximum absolute atomic E-state index is 6.50. The molecule has 0 spiro atoms. The zero-order valence-electron chi connectivity index (χ0n) is 12.1. The number of nitrogens with zero attached hydrogens (tertiary/aromatic N) is 1. The van der Waals surface area contributed by atoms with Crippen LogP contribution in [0.15, 0.2) is 24.8 Å². The minimum absolute atomic E-state index is 0.278. The maximum atomic E-state index is 6.50. The smallest absolute Gasteiger partial charge is 0.231 e. The van der Waals surface area contributed by atoms with Crippen molar-refractivity contribution < 1.29 is 9.47 Å². The van der Waals surface area contributed by atoms with Gasteiger partial charge in [-0.15, -0.1) is 6.58 Å². The molecule has 0 unspecified atom stereocenters. The van der Waals surface area contributed by atoms with Crippen molar-refractivity contribution in [3.63, 3.8) is 0 Å². The van der Waals surface area contributed by atoms with E-state index in [0.29, 0.717) is 6.04 Å². The molecule has 0 radical (unpaired) electrons. The number of rotatable bonds is 5. The number of fused-ring (bicyclic) bond motifs is 1. The third kappa shape index (κ3) is 3.18. The van der Waals surface area contributed by atoms with E-state index < -0.39 is 0 Å². The molecule has 5 heteroatoms. The van der Waals surface area contributed by atoms with Gasteiger partial charge in [0.25, 0.3) is 0 Å². The second kappa shape index (κ2) is 6.69. The van der Waals surface area contributed by atoms with Crippen molar-refractivity contribution >= 4 is 11.6 Å². The van der Waals surface area contributed by atoms with Crippen LogP contribution in [0.5, 0.6) is 11.5 Å². The Labute approximate surface area is 130 Å². The minimum atomic E-state index is 0.278. The van der Waals surface area contributed by atoms with Gasteiger partial charge in [0.05, 0.1) is 0 Å². The molecule has 1 atom stereocenters. The van der Waals surface area contributed by atoms with Gasteiger partial charge in [-0.25, -0.2) is 0 Å². The van der Waals surface area contributed by atoms with Crippen molar-refractivity contribution in [1.82, 2.24) is 10.2 Å². The van der Waals surface area contributed by atoms with Gasteiger partial charge in [-0.05, 0) is 24.5 Å². The number of benzene rings is 1. The van der Waals surface area contributed by atoms with E-state index in [1.165, 1.54) is 0 Å². The summed E-state index contributed by atoms with van der Waals surface area (Å²) >= 11 is 6.50. The van der Waals surface area contributed by atoms with Crippen LogP contribution in [-0.4, -0.2) is 37.9 Å². The number of nitrogens with one attached hydrogen (secondary N) is 1. The monoisotopic (exact) mass is 308 g/mol. The molecular formula is C16H21ClN2O2. The maximum Gasteiger partial charge on any atom is 0.231 e. The molecule has 4 nitrogen and oxygen atoms in total. The van der Waals surface area contributed by atoms with Crippen LogP contribution in [0, 0.1) is 0 Å². The van der Waals surface area contributed by atoms with Crippen LogP contribution in [-0.2, 0) is 0 Å². The molecular weight excluding hydrogens is 288 g/mol. The lowest BCUT2D eigenvalue weighted by molar-refractivity contribution is 0.165. The summed E-state index contributed by atoms with van der Waals surface area (Å²) in [5, 5.41) is 4.15. The average Bonchev–Trinajstić information content (AvgIpc) is 2.96. The molecule has 21 heavy (non-hydrogen) atoms. The topological polar surface area (TPSA) is 33.7 Å². The van der Waals surface area contributed by atoms with Crippen LogP contribution in [0.2, 0.25) is 5.02 Å². The van der Waals surface area contributed by atoms with Crippen LogP contribution < -0.4 is 14.8 Å². The lowest BCUT2D eigenvalue weighted by Gasteiger charge is -2.35. The van der Waals surface area contributed by atoms with Crippen molar-refractivity contribution in [2.45, 2.75) is 18.9 Å². The van der Waals surface area contributed by atoms with Crippen molar-refractivity contribution in [3.8, 4) is 11.5 Å². The van der Waals surface area contributed by atoms with Crippen molar-refractivity contribution in [3.05, 3.63) is 35.4 Å². The molecule has 1 N–H and O–H groups in total. The van der Waals surface area contributed by atoms with Crippen LogP contribution >= 0.6 is 11.6 Å². The fourth-order valence-electron chi connectivity index (χ4n) is 2.99. The molecule has 1 fully saturated rings. The number of hydrogen-bond donors (Lipinski definition) is 1. The Hall–Kier alpha value is -1.23. The average molecular weight is 309 g/mol. The van der Waals surface area contributed by atoms with Gasteiger partial charge in [-0.1, -0.05) is 17.7 Å². The van der Waals surface area contributed by atoms with Crippen LogP contribution in [0.4, 0.5) is 0 Å². The predicted molar refractivity (Wildman–Crippen MR) is 84.2 cm³/mol. The fraction of sp³-hybridized carbons (Fsp3) is 0.500. The summed E-state index contributed by atoms with van der Waals surface area (Å²) in [4.78, 5) is 2.49. The largest absolute Gasteiger partial charge is 0.454 e. The zero-order chi connectivity index (χ0) is 14.7. The molecule has 2 aliphatic heterocycles. The van der Waals surface area contributed by atoms with Gasteiger partial charge in [-0.3, -0.25) is 4.90 Å². The van der Waals surface area contributed by atoms with Crippen LogP contribution in [0.25, 0.3) is 0 Å². The number of halogens is 1. The summed E-state index contributed by atoms with van der Waals surface area (Å²) in [6, 6.07) is 4.22. The molecule has 2 aliphatic rings. The predicted octanol–water partition coefficient (Wildman–Crippen LogP) is 2.98. The van der Waals surface area contributed by atoms with Crippen molar-refractivity contribution in [2.75, 3.05) is 33.0 Å². The Balaban J connectivity index is 1.89. The highest BCUT2D eigenvalue weighted by molar-refractivity contribution is 6.31. The van der Waals surface area contributed by atoms with Crippen LogP contribution in [0.3, 0.4) is 0 Å². The molecule has 0 bridgehead atoms. The SMILES string of the molecule is C=CCC[C@@H](c1cc2c(cc1Cl)OCO2)N1CCNCC1. The first-order valence-electron chi connectivity index (χ1n) is 7.44. The standard InChI is InChI=1S/C16H21ClN2O2/c1-2-3-4-14(19-7-5-18-6-8-19)12-9-15-16(10-13(12)17)21-11-20-15/h2,9-10,14,18H,1,3-8,11H2/t14-/m0/s1. The van der Waals surface area contributed by atoms with Gasteiger partial charge in [0.2, 0.25) is 6.79 Å². The second-order valence-electron chi connectivity index (χ2n) is 5.39. The van der Waals surface area contributed by atoms with Gasteiger partial charge in [0.1, 0.15) is 0 Å². The van der Waals surface area contributed by atoms with E-state index in [-0.39, 0.29) is 6.79 Å². The Morgan fingerprint density at radius 3 is 2.71 bits per heavy atom. The van der Waals surface area contributed by atoms with E-state index in [4.69, 9.17) is 21.1 Å². The van der Waals surface area contributed by atoms with Gasteiger partial charge < -0.3 is 14.8 Å². The molecule has 1 aromatic carbocycles. The molecule has 3 rings (SSSR count). The van der Waals surface area contributed by atoms with Gasteiger partial charge >= 0.3 is 0 Å². The third-order valence-electron chi connectivity index (χ3n) is 4.09. The highest BCUT2D eigenvalue weighted by Gasteiger charge is 2.26. The Kier molecular flexibility index (Phi) is 4.68. The van der Waals surface area contributed by atoms with Crippen molar-refractivity contribution in [1.29, 1.82) is 0 Å². The molecule has 114 valence electrons. The lowest BCUT2D eigenvalue weighted by Crippen LogP contribution is -2.45. The Morgan fingerprint density at radius 2 is 2.00 bits per heavy atom. The quantitative estimate of drug-likeness (QED) is 0.848. The van der Waals surface area contributed by atoms with Gasteiger partial charge in [0, 0.05) is 43.3 Å².